The predicted molar refractivity (Wildman–Crippen MR) is 81.5 cm³/mol. The highest BCUT2D eigenvalue weighted by molar-refractivity contribution is 7.14. The van der Waals surface area contributed by atoms with Crippen LogP contribution in [-0.4, -0.2) is 13.1 Å². The lowest BCUT2D eigenvalue weighted by Crippen LogP contribution is -2.15. The van der Waals surface area contributed by atoms with Crippen molar-refractivity contribution in [3.05, 3.63) is 50.7 Å². The Hall–Kier alpha value is -1.81. The van der Waals surface area contributed by atoms with E-state index in [0.717, 1.165) is 13.1 Å². The van der Waals surface area contributed by atoms with E-state index in [1.807, 2.05) is 6.07 Å². The molecule has 2 aromatic rings. The number of fused-ring (bicyclic) bond motifs is 1. The molecule has 0 bridgehead atoms. The number of ether oxygens (including phenoxy) is 1. The van der Waals surface area contributed by atoms with Crippen LogP contribution in [0.5, 0.6) is 0 Å². The number of thiophene rings is 1. The zero-order valence-electron chi connectivity index (χ0n) is 11.9. The van der Waals surface area contributed by atoms with Crippen LogP contribution in [0.4, 0.5) is 5.69 Å². The molecule has 0 aliphatic carbocycles. The van der Waals surface area contributed by atoms with Gasteiger partial charge in [0.05, 0.1) is 13.7 Å². The molecule has 1 aliphatic heterocycles. The molecule has 0 fully saturated rings. The van der Waals surface area contributed by atoms with Crippen molar-refractivity contribution < 1.29 is 9.53 Å². The van der Waals surface area contributed by atoms with E-state index in [1.54, 1.807) is 11.3 Å². The highest BCUT2D eigenvalue weighted by Crippen LogP contribution is 2.34. The first kappa shape index (κ1) is 13.2. The number of anilines is 1. The Morgan fingerprint density at radius 3 is 2.45 bits per heavy atom. The van der Waals surface area contributed by atoms with Gasteiger partial charge in [-0.3, -0.25) is 0 Å². The predicted octanol–water partition coefficient (Wildman–Crippen LogP) is 3.67. The van der Waals surface area contributed by atoms with E-state index < -0.39 is 0 Å². The molecule has 1 aromatic heterocycles. The third-order valence-electron chi connectivity index (χ3n) is 3.55. The Balaban J connectivity index is 1.84. The van der Waals surface area contributed by atoms with Crippen LogP contribution >= 0.6 is 11.3 Å². The average molecular weight is 287 g/mol. The van der Waals surface area contributed by atoms with Crippen molar-refractivity contribution in [1.82, 2.24) is 0 Å². The van der Waals surface area contributed by atoms with Gasteiger partial charge in [-0.1, -0.05) is 6.07 Å². The van der Waals surface area contributed by atoms with Crippen molar-refractivity contribution in [2.75, 3.05) is 12.0 Å². The maximum atomic E-state index is 11.5. The van der Waals surface area contributed by atoms with Gasteiger partial charge in [-0.2, -0.15) is 0 Å². The first-order valence-electron chi connectivity index (χ1n) is 6.60. The lowest BCUT2D eigenvalue weighted by atomic mass is 10.1. The molecule has 0 atom stereocenters. The minimum absolute atomic E-state index is 0.234. The third-order valence-corrected chi connectivity index (χ3v) is 4.69. The molecule has 2 heterocycles. The van der Waals surface area contributed by atoms with E-state index in [2.05, 4.69) is 36.9 Å². The number of carbonyl (C=O) groups is 1. The number of esters is 1. The molecule has 0 unspecified atom stereocenters. The van der Waals surface area contributed by atoms with Gasteiger partial charge in [0.15, 0.2) is 0 Å². The van der Waals surface area contributed by atoms with Gasteiger partial charge in [0.2, 0.25) is 0 Å². The normalized spacial score (nSPS) is 13.4. The number of methoxy groups -OCH3 is 1. The Morgan fingerprint density at radius 1 is 1.15 bits per heavy atom. The summed E-state index contributed by atoms with van der Waals surface area (Å²) in [6, 6.07) is 8.58. The molecular weight excluding hydrogens is 270 g/mol. The van der Waals surface area contributed by atoms with Gasteiger partial charge in [0, 0.05) is 17.1 Å². The van der Waals surface area contributed by atoms with Crippen LogP contribution in [0.2, 0.25) is 0 Å². The van der Waals surface area contributed by atoms with Crippen LogP contribution in [0.15, 0.2) is 24.3 Å². The highest BCUT2D eigenvalue weighted by Gasteiger charge is 2.24. The van der Waals surface area contributed by atoms with Gasteiger partial charge >= 0.3 is 5.97 Å². The molecule has 3 rings (SSSR count). The second kappa shape index (κ2) is 4.94. The van der Waals surface area contributed by atoms with Gasteiger partial charge in [0.25, 0.3) is 0 Å². The summed E-state index contributed by atoms with van der Waals surface area (Å²) in [5.74, 6) is -0.234. The summed E-state index contributed by atoms with van der Waals surface area (Å²) in [7, 11) is 1.43. The van der Waals surface area contributed by atoms with Crippen molar-refractivity contribution in [2.24, 2.45) is 0 Å². The molecule has 0 radical (unpaired) electrons. The first-order valence-corrected chi connectivity index (χ1v) is 7.41. The Bertz CT molecular complexity index is 631. The zero-order valence-corrected chi connectivity index (χ0v) is 12.7. The molecule has 1 aromatic carbocycles. The van der Waals surface area contributed by atoms with Crippen molar-refractivity contribution in [3.8, 4) is 0 Å². The summed E-state index contributed by atoms with van der Waals surface area (Å²) in [5, 5.41) is 0. The van der Waals surface area contributed by atoms with Crippen LogP contribution in [0.25, 0.3) is 0 Å². The number of benzene rings is 1. The van der Waals surface area contributed by atoms with Crippen molar-refractivity contribution in [1.29, 1.82) is 0 Å². The van der Waals surface area contributed by atoms with Crippen LogP contribution in [0.1, 0.15) is 31.2 Å². The molecule has 0 spiro atoms. The molecule has 104 valence electrons. The molecular formula is C16H17NO2S. The lowest BCUT2D eigenvalue weighted by Gasteiger charge is -2.19. The molecule has 4 heteroatoms. The first-order chi connectivity index (χ1) is 9.56. The number of aryl methyl sites for hydroxylation is 2. The maximum Gasteiger partial charge on any atom is 0.348 e. The number of rotatable bonds is 2. The number of hydrogen-bond acceptors (Lipinski definition) is 4. The summed E-state index contributed by atoms with van der Waals surface area (Å²) >= 11 is 1.55. The van der Waals surface area contributed by atoms with Gasteiger partial charge in [-0.15, -0.1) is 11.3 Å². The second-order valence-corrected chi connectivity index (χ2v) is 6.39. The summed E-state index contributed by atoms with van der Waals surface area (Å²) in [5.41, 5.74) is 5.07. The highest BCUT2D eigenvalue weighted by atomic mass is 32.1. The van der Waals surface area contributed by atoms with Gasteiger partial charge < -0.3 is 9.64 Å². The molecule has 0 saturated carbocycles. The van der Waals surface area contributed by atoms with Crippen molar-refractivity contribution in [2.45, 2.75) is 26.9 Å². The summed E-state index contributed by atoms with van der Waals surface area (Å²) in [6.45, 7) is 5.99. The zero-order chi connectivity index (χ0) is 14.3. The fraction of sp³-hybridized carbons (Fsp3) is 0.312. The monoisotopic (exact) mass is 287 g/mol. The average Bonchev–Trinajstić information content (AvgIpc) is 2.94. The molecule has 20 heavy (non-hydrogen) atoms. The summed E-state index contributed by atoms with van der Waals surface area (Å²) < 4.78 is 4.77. The Kier molecular flexibility index (Phi) is 3.26. The van der Waals surface area contributed by atoms with E-state index in [0.29, 0.717) is 4.88 Å². The standard InChI is InChI=1S/C16H17NO2S/c1-10-4-11(2)6-13(5-10)17-8-12-7-14(16(18)19-3)20-15(12)9-17/h4-7H,8-9H2,1-3H3. The van der Waals surface area contributed by atoms with Crippen molar-refractivity contribution >= 4 is 23.0 Å². The Labute approximate surface area is 122 Å². The molecule has 0 amide bonds. The largest absolute Gasteiger partial charge is 0.465 e. The van der Waals surface area contributed by atoms with E-state index in [4.69, 9.17) is 4.74 Å². The van der Waals surface area contributed by atoms with Gasteiger partial charge in [0.1, 0.15) is 4.88 Å². The van der Waals surface area contributed by atoms with Gasteiger partial charge in [-0.25, -0.2) is 4.79 Å². The van der Waals surface area contributed by atoms with E-state index in [-0.39, 0.29) is 5.97 Å². The van der Waals surface area contributed by atoms with Crippen LogP contribution < -0.4 is 4.90 Å². The molecule has 0 saturated heterocycles. The SMILES string of the molecule is COC(=O)c1cc2c(s1)CN(c1cc(C)cc(C)c1)C2. The fourth-order valence-electron chi connectivity index (χ4n) is 2.69. The minimum atomic E-state index is -0.234. The van der Waals surface area contributed by atoms with Crippen LogP contribution in [0, 0.1) is 13.8 Å². The Morgan fingerprint density at radius 2 is 1.85 bits per heavy atom. The molecule has 0 N–H and O–H groups in total. The van der Waals surface area contributed by atoms with E-state index >= 15 is 0 Å². The molecule has 1 aliphatic rings. The number of nitrogens with zero attached hydrogens (tertiary/aromatic N) is 1. The van der Waals surface area contributed by atoms with Gasteiger partial charge in [-0.05, 0) is 48.7 Å². The fourth-order valence-corrected chi connectivity index (χ4v) is 3.79. The molecule has 3 nitrogen and oxygen atoms in total. The van der Waals surface area contributed by atoms with E-state index in [9.17, 15) is 4.79 Å². The second-order valence-electron chi connectivity index (χ2n) is 5.25. The van der Waals surface area contributed by atoms with Crippen molar-refractivity contribution in [3.63, 3.8) is 0 Å². The summed E-state index contributed by atoms with van der Waals surface area (Å²) in [6.07, 6.45) is 0. The third kappa shape index (κ3) is 2.31. The quantitative estimate of drug-likeness (QED) is 0.789. The van der Waals surface area contributed by atoms with E-state index in [1.165, 1.54) is 34.4 Å². The summed E-state index contributed by atoms with van der Waals surface area (Å²) in [4.78, 5) is 15.9. The lowest BCUT2D eigenvalue weighted by molar-refractivity contribution is 0.0606. The number of carbonyl (C=O) groups excluding carboxylic acids is 1. The topological polar surface area (TPSA) is 29.5 Å². The smallest absolute Gasteiger partial charge is 0.348 e. The van der Waals surface area contributed by atoms with Crippen LogP contribution in [-0.2, 0) is 17.8 Å². The minimum Gasteiger partial charge on any atom is -0.465 e. The maximum absolute atomic E-state index is 11.5. The number of hydrogen-bond donors (Lipinski definition) is 0. The van der Waals surface area contributed by atoms with Crippen LogP contribution in [0.3, 0.4) is 0 Å².